The molecule has 1 unspecified atom stereocenters. The SMILES string of the molecule is C[C@H]1CC23c4[nH]c5ccccc5c4CCN2C(=O)C[C@H]3[C@@H]1C[N+](=O)[O-]. The molecule has 2 fully saturated rings. The molecule has 2 aromatic rings. The average Bonchev–Trinajstić information content (AvgIpc) is 3.16. The molecule has 6 nitrogen and oxygen atoms in total. The van der Waals surface area contributed by atoms with Gasteiger partial charge in [-0.3, -0.25) is 14.9 Å². The molecule has 1 N–H and O–H groups in total. The molecule has 1 spiro atoms. The quantitative estimate of drug-likeness (QED) is 0.675. The summed E-state index contributed by atoms with van der Waals surface area (Å²) in [7, 11) is 0. The lowest BCUT2D eigenvalue weighted by Crippen LogP contribution is -2.49. The lowest BCUT2D eigenvalue weighted by atomic mass is 9.77. The molecule has 0 bridgehead atoms. The van der Waals surface area contributed by atoms with Gasteiger partial charge < -0.3 is 9.88 Å². The minimum atomic E-state index is -0.371. The van der Waals surface area contributed by atoms with E-state index in [-0.39, 0.29) is 40.7 Å². The van der Waals surface area contributed by atoms with Gasteiger partial charge in [0.05, 0.1) is 5.54 Å². The Balaban J connectivity index is 1.72. The second kappa shape index (κ2) is 4.84. The highest BCUT2D eigenvalue weighted by atomic mass is 16.6. The van der Waals surface area contributed by atoms with Crippen LogP contribution in [0.2, 0.25) is 0 Å². The van der Waals surface area contributed by atoms with Gasteiger partial charge in [0.15, 0.2) is 0 Å². The number of para-hydroxylation sites is 1. The Morgan fingerprint density at radius 2 is 2.20 bits per heavy atom. The van der Waals surface area contributed by atoms with E-state index in [4.69, 9.17) is 0 Å². The predicted octanol–water partition coefficient (Wildman–Crippen LogP) is 2.70. The van der Waals surface area contributed by atoms with Gasteiger partial charge in [-0.1, -0.05) is 25.1 Å². The van der Waals surface area contributed by atoms with Crippen LogP contribution in [0.1, 0.15) is 31.0 Å². The summed E-state index contributed by atoms with van der Waals surface area (Å²) in [5.74, 6) is 0.395. The fourth-order valence-electron chi connectivity index (χ4n) is 5.97. The molecular weight excluding hydrogens is 318 g/mol. The van der Waals surface area contributed by atoms with Crippen molar-refractivity contribution in [3.63, 3.8) is 0 Å². The lowest BCUT2D eigenvalue weighted by Gasteiger charge is -2.43. The van der Waals surface area contributed by atoms with Crippen LogP contribution in [0.5, 0.6) is 0 Å². The summed E-state index contributed by atoms with van der Waals surface area (Å²) < 4.78 is 0. The van der Waals surface area contributed by atoms with Crippen molar-refractivity contribution in [1.82, 2.24) is 9.88 Å². The first kappa shape index (κ1) is 14.9. The maximum atomic E-state index is 12.7. The van der Waals surface area contributed by atoms with E-state index < -0.39 is 0 Å². The van der Waals surface area contributed by atoms with Gasteiger partial charge in [0.1, 0.15) is 0 Å². The van der Waals surface area contributed by atoms with E-state index in [0.717, 1.165) is 30.6 Å². The van der Waals surface area contributed by atoms with Crippen LogP contribution in [0.25, 0.3) is 10.9 Å². The van der Waals surface area contributed by atoms with Crippen LogP contribution in [0.3, 0.4) is 0 Å². The van der Waals surface area contributed by atoms with E-state index in [0.29, 0.717) is 6.42 Å². The van der Waals surface area contributed by atoms with Crippen LogP contribution >= 0.6 is 0 Å². The zero-order valence-electron chi connectivity index (χ0n) is 14.2. The minimum absolute atomic E-state index is 0.0347. The summed E-state index contributed by atoms with van der Waals surface area (Å²) in [6.45, 7) is 2.80. The number of nitro groups is 1. The van der Waals surface area contributed by atoms with Crippen molar-refractivity contribution in [2.24, 2.45) is 17.8 Å². The molecule has 5 rings (SSSR count). The van der Waals surface area contributed by atoms with Crippen molar-refractivity contribution in [2.45, 2.75) is 31.7 Å². The van der Waals surface area contributed by atoms with E-state index in [2.05, 4.69) is 24.0 Å². The number of nitrogens with one attached hydrogen (secondary N) is 1. The third-order valence-corrected chi connectivity index (χ3v) is 6.86. The van der Waals surface area contributed by atoms with Gasteiger partial charge in [-0.25, -0.2) is 0 Å². The molecule has 1 aromatic carbocycles. The Hall–Kier alpha value is -2.37. The van der Waals surface area contributed by atoms with Crippen molar-refractivity contribution in [2.75, 3.05) is 13.1 Å². The first-order valence-corrected chi connectivity index (χ1v) is 9.04. The van der Waals surface area contributed by atoms with Gasteiger partial charge >= 0.3 is 0 Å². The largest absolute Gasteiger partial charge is 0.356 e. The fraction of sp³-hybridized carbons (Fsp3) is 0.526. The summed E-state index contributed by atoms with van der Waals surface area (Å²) in [6, 6.07) is 8.28. The smallest absolute Gasteiger partial charge is 0.223 e. The summed E-state index contributed by atoms with van der Waals surface area (Å²) in [6.07, 6.45) is 2.12. The molecule has 2 aliphatic heterocycles. The van der Waals surface area contributed by atoms with E-state index in [1.54, 1.807) is 0 Å². The molecule has 3 aliphatic rings. The number of carbonyl (C=O) groups is 1. The molecule has 3 heterocycles. The Kier molecular flexibility index (Phi) is 2.89. The third kappa shape index (κ3) is 1.77. The highest BCUT2D eigenvalue weighted by Crippen LogP contribution is 2.61. The third-order valence-electron chi connectivity index (χ3n) is 6.86. The van der Waals surface area contributed by atoms with Crippen LogP contribution in [-0.4, -0.2) is 33.8 Å². The Morgan fingerprint density at radius 1 is 1.40 bits per heavy atom. The molecule has 0 radical (unpaired) electrons. The monoisotopic (exact) mass is 339 g/mol. The Bertz CT molecular complexity index is 904. The lowest BCUT2D eigenvalue weighted by molar-refractivity contribution is -0.491. The zero-order chi connectivity index (χ0) is 17.3. The van der Waals surface area contributed by atoms with Crippen molar-refractivity contribution < 1.29 is 9.72 Å². The molecule has 25 heavy (non-hydrogen) atoms. The number of rotatable bonds is 2. The zero-order valence-corrected chi connectivity index (χ0v) is 14.2. The molecule has 6 heteroatoms. The van der Waals surface area contributed by atoms with E-state index in [1.165, 1.54) is 10.9 Å². The van der Waals surface area contributed by atoms with Crippen molar-refractivity contribution in [3.05, 3.63) is 45.6 Å². The molecule has 1 saturated carbocycles. The van der Waals surface area contributed by atoms with E-state index in [1.807, 2.05) is 17.0 Å². The highest BCUT2D eigenvalue weighted by molar-refractivity contribution is 5.88. The van der Waals surface area contributed by atoms with Crippen molar-refractivity contribution in [3.8, 4) is 0 Å². The molecule has 4 atom stereocenters. The molecular formula is C19H21N3O3. The second-order valence-electron chi connectivity index (χ2n) is 7.91. The minimum Gasteiger partial charge on any atom is -0.356 e. The first-order valence-electron chi connectivity index (χ1n) is 9.04. The normalized spacial score (nSPS) is 33.4. The van der Waals surface area contributed by atoms with Gasteiger partial charge in [-0.15, -0.1) is 0 Å². The van der Waals surface area contributed by atoms with Gasteiger partial charge in [0, 0.05) is 46.3 Å². The first-order chi connectivity index (χ1) is 12.0. The summed E-state index contributed by atoms with van der Waals surface area (Å²) >= 11 is 0. The number of fused-ring (bicyclic) bond motifs is 3. The standard InChI is InChI=1S/C19H21N3O3/c1-11-9-19-15(14(11)10-22(24)25)8-17(23)21(19)7-6-13-12-4-2-3-5-16(12)20-18(13)19/h2-5,11,14-15,20H,6-10H2,1H3/t11-,14+,15-,19?/m0/s1. The van der Waals surface area contributed by atoms with Crippen LogP contribution in [0, 0.1) is 27.9 Å². The number of aromatic amines is 1. The number of carbonyl (C=O) groups excluding carboxylic acids is 1. The number of amides is 1. The average molecular weight is 339 g/mol. The Morgan fingerprint density at radius 3 is 3.00 bits per heavy atom. The van der Waals surface area contributed by atoms with E-state index in [9.17, 15) is 14.9 Å². The van der Waals surface area contributed by atoms with Crippen molar-refractivity contribution >= 4 is 16.8 Å². The second-order valence-corrected chi connectivity index (χ2v) is 7.91. The van der Waals surface area contributed by atoms with Gasteiger partial charge in [-0.2, -0.15) is 0 Å². The molecule has 1 aliphatic carbocycles. The maximum Gasteiger partial charge on any atom is 0.223 e. The van der Waals surface area contributed by atoms with Crippen LogP contribution in [0.15, 0.2) is 24.3 Å². The number of nitrogens with zero attached hydrogens (tertiary/aromatic N) is 2. The van der Waals surface area contributed by atoms with E-state index >= 15 is 0 Å². The topological polar surface area (TPSA) is 79.2 Å². The van der Waals surface area contributed by atoms with Crippen LogP contribution < -0.4 is 0 Å². The maximum absolute atomic E-state index is 12.7. The Labute approximate surface area is 145 Å². The number of hydrogen-bond acceptors (Lipinski definition) is 3. The van der Waals surface area contributed by atoms with Crippen molar-refractivity contribution in [1.29, 1.82) is 0 Å². The highest BCUT2D eigenvalue weighted by Gasteiger charge is 2.65. The summed E-state index contributed by atoms with van der Waals surface area (Å²) in [4.78, 5) is 29.4. The number of aromatic nitrogens is 1. The molecule has 1 aromatic heterocycles. The molecule has 1 saturated heterocycles. The van der Waals surface area contributed by atoms with Gasteiger partial charge in [0.2, 0.25) is 12.5 Å². The fourth-order valence-corrected chi connectivity index (χ4v) is 5.97. The van der Waals surface area contributed by atoms with Gasteiger partial charge in [-0.05, 0) is 30.4 Å². The van der Waals surface area contributed by atoms with Gasteiger partial charge in [0.25, 0.3) is 0 Å². The summed E-state index contributed by atoms with van der Waals surface area (Å²) in [5.41, 5.74) is 3.19. The predicted molar refractivity (Wildman–Crippen MR) is 92.6 cm³/mol. The van der Waals surface area contributed by atoms with Crippen LogP contribution in [0.4, 0.5) is 0 Å². The molecule has 1 amide bonds. The van der Waals surface area contributed by atoms with Crippen LogP contribution in [-0.2, 0) is 16.8 Å². The number of H-pyrrole nitrogens is 1. The number of hydrogen-bond donors (Lipinski definition) is 1. The number of benzene rings is 1. The summed E-state index contributed by atoms with van der Waals surface area (Å²) in [5, 5.41) is 12.4. The molecule has 130 valence electrons.